The van der Waals surface area contributed by atoms with E-state index >= 15 is 0 Å². The van der Waals surface area contributed by atoms with E-state index in [2.05, 4.69) is 9.80 Å². The summed E-state index contributed by atoms with van der Waals surface area (Å²) in [5.41, 5.74) is 1.50. The van der Waals surface area contributed by atoms with Gasteiger partial charge < -0.3 is 9.80 Å². The van der Waals surface area contributed by atoms with Crippen molar-refractivity contribution in [3.05, 3.63) is 16.3 Å². The van der Waals surface area contributed by atoms with Crippen LogP contribution < -0.4 is 4.90 Å². The van der Waals surface area contributed by atoms with Crippen LogP contribution in [0.25, 0.3) is 10.2 Å². The number of fused-ring (bicyclic) bond motifs is 3. The third-order valence-corrected chi connectivity index (χ3v) is 8.27. The van der Waals surface area contributed by atoms with E-state index < -0.39 is 0 Å². The van der Waals surface area contributed by atoms with E-state index in [1.165, 1.54) is 60.8 Å². The third-order valence-electron chi connectivity index (χ3n) is 7.08. The summed E-state index contributed by atoms with van der Waals surface area (Å²) in [6, 6.07) is 0. The first-order chi connectivity index (χ1) is 14.2. The average Bonchev–Trinajstić information content (AvgIpc) is 3.39. The lowest BCUT2D eigenvalue weighted by atomic mass is 9.97. The lowest BCUT2D eigenvalue weighted by Crippen LogP contribution is -2.49. The van der Waals surface area contributed by atoms with Gasteiger partial charge >= 0.3 is 0 Å². The Balaban J connectivity index is 1.28. The van der Waals surface area contributed by atoms with Crippen molar-refractivity contribution >= 4 is 33.3 Å². The number of anilines is 1. The number of carbonyl (C=O) groups is 1. The zero-order chi connectivity index (χ0) is 19.8. The van der Waals surface area contributed by atoms with E-state index in [1.54, 1.807) is 0 Å². The number of thiophene rings is 1. The first kappa shape index (κ1) is 19.3. The molecule has 3 aliphatic rings. The summed E-state index contributed by atoms with van der Waals surface area (Å²) in [5, 5.41) is 1.30. The predicted octanol–water partition coefficient (Wildman–Crippen LogP) is 4.50. The fraction of sp³-hybridized carbons (Fsp3) is 0.696. The Morgan fingerprint density at radius 2 is 1.79 bits per heavy atom. The molecule has 1 saturated carbocycles. The molecular weight excluding hydrogens is 380 g/mol. The Morgan fingerprint density at radius 1 is 1.03 bits per heavy atom. The molecule has 1 saturated heterocycles. The quantitative estimate of drug-likeness (QED) is 0.742. The molecule has 0 spiro atoms. The molecule has 5 nitrogen and oxygen atoms in total. The number of carbonyl (C=O) groups excluding carboxylic acids is 1. The summed E-state index contributed by atoms with van der Waals surface area (Å²) >= 11 is 1.87. The van der Waals surface area contributed by atoms with Crippen LogP contribution in [0.3, 0.4) is 0 Å². The van der Waals surface area contributed by atoms with Crippen molar-refractivity contribution in [1.82, 2.24) is 14.9 Å². The van der Waals surface area contributed by atoms with Crippen LogP contribution in [0.2, 0.25) is 0 Å². The van der Waals surface area contributed by atoms with Gasteiger partial charge in [0.15, 0.2) is 0 Å². The lowest BCUT2D eigenvalue weighted by Gasteiger charge is -2.36. The number of aromatic nitrogens is 2. The van der Waals surface area contributed by atoms with E-state index in [0.29, 0.717) is 5.91 Å². The fourth-order valence-electron chi connectivity index (χ4n) is 5.42. The summed E-state index contributed by atoms with van der Waals surface area (Å²) in [7, 11) is 0. The van der Waals surface area contributed by atoms with E-state index in [1.807, 2.05) is 18.3 Å². The standard InChI is InChI=1S/C23H32N4OS/c1-16-24-22(21-18-8-4-5-9-19(18)29-23(21)25-16)27-14-12-26(13-15-27)20(28)11-10-17-6-2-3-7-17/h17H,2-15H2,1H3. The summed E-state index contributed by atoms with van der Waals surface area (Å²) in [4.78, 5) is 29.5. The highest BCUT2D eigenvalue weighted by molar-refractivity contribution is 7.19. The Hall–Kier alpha value is -1.69. The number of hydrogen-bond donors (Lipinski definition) is 0. The molecule has 5 rings (SSSR count). The Bertz CT molecular complexity index is 894. The Kier molecular flexibility index (Phi) is 5.46. The maximum absolute atomic E-state index is 12.7. The second-order valence-electron chi connectivity index (χ2n) is 9.04. The highest BCUT2D eigenvalue weighted by Crippen LogP contribution is 2.40. The molecule has 0 radical (unpaired) electrons. The van der Waals surface area contributed by atoms with E-state index in [-0.39, 0.29) is 0 Å². The first-order valence-electron chi connectivity index (χ1n) is 11.5. The molecule has 29 heavy (non-hydrogen) atoms. The van der Waals surface area contributed by atoms with Crippen LogP contribution in [0, 0.1) is 12.8 Å². The number of aryl methyl sites for hydroxylation is 3. The maximum atomic E-state index is 12.7. The minimum absolute atomic E-state index is 0.355. The van der Waals surface area contributed by atoms with Gasteiger partial charge in [0, 0.05) is 37.5 Å². The van der Waals surface area contributed by atoms with Crippen molar-refractivity contribution in [2.75, 3.05) is 31.1 Å². The molecule has 2 aromatic heterocycles. The zero-order valence-electron chi connectivity index (χ0n) is 17.6. The smallest absolute Gasteiger partial charge is 0.222 e. The monoisotopic (exact) mass is 412 g/mol. The van der Waals surface area contributed by atoms with Gasteiger partial charge in [0.1, 0.15) is 16.5 Å². The van der Waals surface area contributed by atoms with E-state index in [9.17, 15) is 4.79 Å². The van der Waals surface area contributed by atoms with Crippen molar-refractivity contribution in [3.63, 3.8) is 0 Å². The van der Waals surface area contributed by atoms with Gasteiger partial charge in [-0.05, 0) is 50.5 Å². The molecule has 2 aromatic rings. The van der Waals surface area contributed by atoms with Crippen molar-refractivity contribution in [2.24, 2.45) is 5.92 Å². The molecular formula is C23H32N4OS. The molecule has 2 aliphatic carbocycles. The van der Waals surface area contributed by atoms with Gasteiger partial charge in [-0.15, -0.1) is 11.3 Å². The number of hydrogen-bond acceptors (Lipinski definition) is 5. The SMILES string of the molecule is Cc1nc(N2CCN(C(=O)CCC3CCCC3)CC2)c2c3c(sc2n1)CCCC3. The zero-order valence-corrected chi connectivity index (χ0v) is 18.4. The molecule has 6 heteroatoms. The number of nitrogens with zero attached hydrogens (tertiary/aromatic N) is 4. The molecule has 2 fully saturated rings. The number of rotatable bonds is 4. The van der Waals surface area contributed by atoms with Crippen LogP contribution in [0.4, 0.5) is 5.82 Å². The highest BCUT2D eigenvalue weighted by atomic mass is 32.1. The average molecular weight is 413 g/mol. The Labute approximate surface area is 177 Å². The first-order valence-corrected chi connectivity index (χ1v) is 12.3. The predicted molar refractivity (Wildman–Crippen MR) is 119 cm³/mol. The van der Waals surface area contributed by atoms with Crippen molar-refractivity contribution in [2.45, 2.75) is 71.1 Å². The minimum Gasteiger partial charge on any atom is -0.352 e. The summed E-state index contributed by atoms with van der Waals surface area (Å²) < 4.78 is 0. The summed E-state index contributed by atoms with van der Waals surface area (Å²) in [6.45, 7) is 5.40. The van der Waals surface area contributed by atoms with Gasteiger partial charge in [0.2, 0.25) is 5.91 Å². The Morgan fingerprint density at radius 3 is 2.59 bits per heavy atom. The summed E-state index contributed by atoms with van der Waals surface area (Å²) in [5.74, 6) is 3.13. The fourth-order valence-corrected chi connectivity index (χ4v) is 6.72. The maximum Gasteiger partial charge on any atom is 0.222 e. The van der Waals surface area contributed by atoms with Crippen molar-refractivity contribution in [1.29, 1.82) is 0 Å². The minimum atomic E-state index is 0.355. The number of amides is 1. The molecule has 0 unspecified atom stereocenters. The largest absolute Gasteiger partial charge is 0.352 e. The van der Waals surface area contributed by atoms with Crippen LogP contribution in [0.5, 0.6) is 0 Å². The molecule has 1 aliphatic heterocycles. The lowest BCUT2D eigenvalue weighted by molar-refractivity contribution is -0.131. The van der Waals surface area contributed by atoms with Crippen molar-refractivity contribution < 1.29 is 4.79 Å². The van der Waals surface area contributed by atoms with Gasteiger partial charge in [0.25, 0.3) is 0 Å². The van der Waals surface area contributed by atoms with E-state index in [0.717, 1.165) is 67.8 Å². The molecule has 1 amide bonds. The van der Waals surface area contributed by atoms with Crippen LogP contribution in [-0.2, 0) is 17.6 Å². The molecule has 0 bridgehead atoms. The van der Waals surface area contributed by atoms with Crippen LogP contribution in [0.1, 0.15) is 67.6 Å². The summed E-state index contributed by atoms with van der Waals surface area (Å²) in [6.07, 6.45) is 12.1. The second-order valence-corrected chi connectivity index (χ2v) is 10.1. The van der Waals surface area contributed by atoms with Crippen LogP contribution >= 0.6 is 11.3 Å². The highest BCUT2D eigenvalue weighted by Gasteiger charge is 2.27. The third kappa shape index (κ3) is 3.88. The van der Waals surface area contributed by atoms with Crippen molar-refractivity contribution in [3.8, 4) is 0 Å². The molecule has 3 heterocycles. The van der Waals surface area contributed by atoms with Gasteiger partial charge in [-0.2, -0.15) is 0 Å². The van der Waals surface area contributed by atoms with Gasteiger partial charge in [0.05, 0.1) is 5.39 Å². The number of piperazine rings is 1. The van der Waals surface area contributed by atoms with Gasteiger partial charge in [-0.3, -0.25) is 4.79 Å². The molecule has 156 valence electrons. The molecule has 0 N–H and O–H groups in total. The molecule has 0 atom stereocenters. The normalized spacial score (nSPS) is 20.4. The van der Waals surface area contributed by atoms with Crippen LogP contribution in [-0.4, -0.2) is 47.0 Å². The second kappa shape index (κ2) is 8.21. The van der Waals surface area contributed by atoms with Crippen LogP contribution in [0.15, 0.2) is 0 Å². The van der Waals surface area contributed by atoms with E-state index in [4.69, 9.17) is 9.97 Å². The topological polar surface area (TPSA) is 49.3 Å². The van der Waals surface area contributed by atoms with Gasteiger partial charge in [-0.25, -0.2) is 9.97 Å². The molecule has 0 aromatic carbocycles. The van der Waals surface area contributed by atoms with Gasteiger partial charge in [-0.1, -0.05) is 25.7 Å².